The molecule has 0 aliphatic rings. The van der Waals surface area contributed by atoms with Gasteiger partial charge in [-0.1, -0.05) is 13.8 Å². The molecule has 0 unspecified atom stereocenters. The van der Waals surface area contributed by atoms with Gasteiger partial charge in [0.1, 0.15) is 0 Å². The van der Waals surface area contributed by atoms with E-state index in [-0.39, 0.29) is 23.7 Å². The van der Waals surface area contributed by atoms with E-state index in [1.807, 2.05) is 13.8 Å². The van der Waals surface area contributed by atoms with Crippen molar-refractivity contribution in [1.29, 1.82) is 0 Å². The van der Waals surface area contributed by atoms with E-state index >= 15 is 0 Å². The summed E-state index contributed by atoms with van der Waals surface area (Å²) in [4.78, 5) is 15.8. The summed E-state index contributed by atoms with van der Waals surface area (Å²) in [6.45, 7) is 4.65. The van der Waals surface area contributed by atoms with Gasteiger partial charge in [0.15, 0.2) is 5.82 Å². The summed E-state index contributed by atoms with van der Waals surface area (Å²) in [5.74, 6) is 0.233. The molecular formula is C10H18N4O3S. The Morgan fingerprint density at radius 3 is 2.72 bits per heavy atom. The third-order valence-corrected chi connectivity index (χ3v) is 2.93. The zero-order valence-electron chi connectivity index (χ0n) is 10.5. The molecule has 3 N–H and O–H groups in total. The molecule has 7 nitrogen and oxygen atoms in total. The number of sulfonamides is 1. The zero-order valence-corrected chi connectivity index (χ0v) is 11.3. The minimum Gasteiger partial charge on any atom is -0.364 e. The molecule has 0 spiro atoms. The van der Waals surface area contributed by atoms with Crippen LogP contribution in [0.25, 0.3) is 0 Å². The van der Waals surface area contributed by atoms with Crippen molar-refractivity contribution in [1.82, 2.24) is 9.55 Å². The molecule has 0 amide bonds. The molecule has 102 valence electrons. The summed E-state index contributed by atoms with van der Waals surface area (Å²) < 4.78 is 23.0. The maximum atomic E-state index is 11.9. The van der Waals surface area contributed by atoms with E-state index in [1.54, 1.807) is 6.20 Å². The number of hydrogen-bond donors (Lipinski definition) is 2. The summed E-state index contributed by atoms with van der Waals surface area (Å²) in [5.41, 5.74) is -0.263. The SMILES string of the molecule is CC(C)Cn1ccnc(NCCS(N)(=O)=O)c1=O. The van der Waals surface area contributed by atoms with Crippen LogP contribution < -0.4 is 16.0 Å². The molecule has 0 aliphatic heterocycles. The van der Waals surface area contributed by atoms with Gasteiger partial charge in [0, 0.05) is 25.5 Å². The Balaban J connectivity index is 2.75. The maximum Gasteiger partial charge on any atom is 0.293 e. The Labute approximate surface area is 106 Å². The molecular weight excluding hydrogens is 256 g/mol. The van der Waals surface area contributed by atoms with Gasteiger partial charge in [-0.15, -0.1) is 0 Å². The number of nitrogens with two attached hydrogens (primary N) is 1. The number of hydrogen-bond acceptors (Lipinski definition) is 5. The molecule has 0 bridgehead atoms. The highest BCUT2D eigenvalue weighted by molar-refractivity contribution is 7.89. The van der Waals surface area contributed by atoms with Gasteiger partial charge >= 0.3 is 0 Å². The lowest BCUT2D eigenvalue weighted by Crippen LogP contribution is -2.28. The van der Waals surface area contributed by atoms with Crippen LogP contribution in [0.2, 0.25) is 0 Å². The van der Waals surface area contributed by atoms with Crippen molar-refractivity contribution in [3.8, 4) is 0 Å². The standard InChI is InChI=1S/C10H18N4O3S/c1-8(2)7-14-5-3-12-9(10(14)15)13-4-6-18(11,16)17/h3,5,8H,4,6-7H2,1-2H3,(H,12,13)(H2,11,16,17). The van der Waals surface area contributed by atoms with E-state index in [0.29, 0.717) is 12.5 Å². The topological polar surface area (TPSA) is 107 Å². The van der Waals surface area contributed by atoms with Crippen molar-refractivity contribution in [3.63, 3.8) is 0 Å². The molecule has 0 atom stereocenters. The molecule has 0 saturated carbocycles. The van der Waals surface area contributed by atoms with Crippen molar-refractivity contribution >= 4 is 15.8 Å². The number of nitrogens with one attached hydrogen (secondary N) is 1. The lowest BCUT2D eigenvalue weighted by molar-refractivity contribution is 0.509. The van der Waals surface area contributed by atoms with Gasteiger partial charge in [0.25, 0.3) is 5.56 Å². The predicted molar refractivity (Wildman–Crippen MR) is 69.8 cm³/mol. The second-order valence-electron chi connectivity index (χ2n) is 4.42. The van der Waals surface area contributed by atoms with Crippen molar-refractivity contribution in [3.05, 3.63) is 22.7 Å². The molecule has 1 heterocycles. The van der Waals surface area contributed by atoms with Crippen LogP contribution in [-0.2, 0) is 16.6 Å². The average Bonchev–Trinajstić information content (AvgIpc) is 2.21. The molecule has 0 radical (unpaired) electrons. The van der Waals surface area contributed by atoms with Crippen molar-refractivity contribution in [2.75, 3.05) is 17.6 Å². The summed E-state index contributed by atoms with van der Waals surface area (Å²) in [7, 11) is -3.54. The first-order valence-corrected chi connectivity index (χ1v) is 7.31. The highest BCUT2D eigenvalue weighted by Crippen LogP contribution is 1.98. The molecule has 1 aromatic heterocycles. The molecule has 0 aromatic carbocycles. The summed E-state index contributed by atoms with van der Waals surface area (Å²) in [6.07, 6.45) is 3.11. The third-order valence-electron chi connectivity index (χ3n) is 2.15. The van der Waals surface area contributed by atoms with Crippen LogP contribution >= 0.6 is 0 Å². The lowest BCUT2D eigenvalue weighted by Gasteiger charge is -2.10. The van der Waals surface area contributed by atoms with E-state index in [9.17, 15) is 13.2 Å². The van der Waals surface area contributed by atoms with Crippen LogP contribution in [0.3, 0.4) is 0 Å². The first-order chi connectivity index (χ1) is 8.29. The van der Waals surface area contributed by atoms with E-state index in [2.05, 4.69) is 10.3 Å². The Morgan fingerprint density at radius 1 is 1.50 bits per heavy atom. The second kappa shape index (κ2) is 5.96. The van der Waals surface area contributed by atoms with Crippen molar-refractivity contribution in [2.24, 2.45) is 11.1 Å². The molecule has 18 heavy (non-hydrogen) atoms. The van der Waals surface area contributed by atoms with Gasteiger partial charge in [0.2, 0.25) is 10.0 Å². The first kappa shape index (κ1) is 14.7. The normalized spacial score (nSPS) is 11.8. The summed E-state index contributed by atoms with van der Waals surface area (Å²) in [6, 6.07) is 0. The largest absolute Gasteiger partial charge is 0.364 e. The van der Waals surface area contributed by atoms with E-state index in [0.717, 1.165) is 0 Å². The van der Waals surface area contributed by atoms with Gasteiger partial charge < -0.3 is 9.88 Å². The Kier molecular flexibility index (Phi) is 4.85. The maximum absolute atomic E-state index is 11.9. The van der Waals surface area contributed by atoms with Crippen LogP contribution in [0.15, 0.2) is 17.2 Å². The fourth-order valence-corrected chi connectivity index (χ4v) is 1.80. The quantitative estimate of drug-likeness (QED) is 0.734. The van der Waals surface area contributed by atoms with Crippen LogP contribution in [0.5, 0.6) is 0 Å². The number of aromatic nitrogens is 2. The highest BCUT2D eigenvalue weighted by atomic mass is 32.2. The second-order valence-corrected chi connectivity index (χ2v) is 6.15. The lowest BCUT2D eigenvalue weighted by atomic mass is 10.2. The number of anilines is 1. The van der Waals surface area contributed by atoms with Crippen LogP contribution in [0.4, 0.5) is 5.82 Å². The Hall–Kier alpha value is -1.41. The highest BCUT2D eigenvalue weighted by Gasteiger charge is 2.07. The number of rotatable bonds is 6. The van der Waals surface area contributed by atoms with Gasteiger partial charge in [-0.3, -0.25) is 4.79 Å². The van der Waals surface area contributed by atoms with E-state index in [1.165, 1.54) is 10.8 Å². The molecule has 1 aromatic rings. The summed E-state index contributed by atoms with van der Waals surface area (Å²) >= 11 is 0. The fraction of sp³-hybridized carbons (Fsp3) is 0.600. The fourth-order valence-electron chi connectivity index (χ4n) is 1.42. The molecule has 0 fully saturated rings. The van der Waals surface area contributed by atoms with Gasteiger partial charge in [0.05, 0.1) is 5.75 Å². The van der Waals surface area contributed by atoms with E-state index < -0.39 is 10.0 Å². The Bertz CT molecular complexity index is 550. The minimum atomic E-state index is -3.54. The number of nitrogens with zero attached hydrogens (tertiary/aromatic N) is 2. The molecule has 0 aliphatic carbocycles. The predicted octanol–water partition coefficient (Wildman–Crippen LogP) is -0.400. The average molecular weight is 274 g/mol. The van der Waals surface area contributed by atoms with Crippen LogP contribution in [0.1, 0.15) is 13.8 Å². The van der Waals surface area contributed by atoms with Gasteiger partial charge in [-0.05, 0) is 5.92 Å². The molecule has 0 saturated heterocycles. The van der Waals surface area contributed by atoms with Gasteiger partial charge in [-0.2, -0.15) is 0 Å². The van der Waals surface area contributed by atoms with Crippen LogP contribution in [0, 0.1) is 5.92 Å². The zero-order chi connectivity index (χ0) is 13.8. The third kappa shape index (κ3) is 4.84. The van der Waals surface area contributed by atoms with Crippen LogP contribution in [-0.4, -0.2) is 30.3 Å². The Morgan fingerprint density at radius 2 is 2.17 bits per heavy atom. The van der Waals surface area contributed by atoms with Gasteiger partial charge in [-0.25, -0.2) is 18.5 Å². The van der Waals surface area contributed by atoms with Crippen molar-refractivity contribution < 1.29 is 8.42 Å². The monoisotopic (exact) mass is 274 g/mol. The smallest absolute Gasteiger partial charge is 0.293 e. The number of primary sulfonamides is 1. The molecule has 8 heteroatoms. The van der Waals surface area contributed by atoms with Crippen molar-refractivity contribution in [2.45, 2.75) is 20.4 Å². The van der Waals surface area contributed by atoms with E-state index in [4.69, 9.17) is 5.14 Å². The first-order valence-electron chi connectivity index (χ1n) is 5.59. The molecule has 1 rings (SSSR count). The minimum absolute atomic E-state index is 0.0623. The summed E-state index contributed by atoms with van der Waals surface area (Å²) in [5, 5.41) is 7.54.